The van der Waals surface area contributed by atoms with Crippen LogP contribution in [0.3, 0.4) is 0 Å². The Bertz CT molecular complexity index is 240. The van der Waals surface area contributed by atoms with Gasteiger partial charge in [0.2, 0.25) is 0 Å². The van der Waals surface area contributed by atoms with Crippen molar-refractivity contribution in [3.05, 3.63) is 0 Å². The van der Waals surface area contributed by atoms with Gasteiger partial charge in [0.15, 0.2) is 0 Å². The van der Waals surface area contributed by atoms with Crippen molar-refractivity contribution < 1.29 is 0 Å². The van der Waals surface area contributed by atoms with E-state index in [9.17, 15) is 0 Å². The van der Waals surface area contributed by atoms with E-state index in [1.165, 1.54) is 45.3 Å². The molecule has 0 aromatic carbocycles. The highest BCUT2D eigenvalue weighted by atomic mass is 15.4. The topological polar surface area (TPSA) is 9.72 Å². The summed E-state index contributed by atoms with van der Waals surface area (Å²) in [6, 6.07) is 0.810. The van der Waals surface area contributed by atoms with Gasteiger partial charge in [-0.3, -0.25) is 9.80 Å². The first-order valence-electron chi connectivity index (χ1n) is 7.62. The number of hydrogen-bond acceptors (Lipinski definition) is 3. The highest BCUT2D eigenvalue weighted by Gasteiger charge is 2.31. The fraction of sp³-hybridized carbons (Fsp3) is 1.00. The van der Waals surface area contributed by atoms with Gasteiger partial charge in [0, 0.05) is 25.7 Å². The van der Waals surface area contributed by atoms with E-state index in [1.54, 1.807) is 0 Å². The molecule has 0 radical (unpaired) electrons. The Labute approximate surface area is 113 Å². The number of likely N-dealkylation sites (tertiary alicyclic amines) is 1. The van der Waals surface area contributed by atoms with Gasteiger partial charge in [-0.15, -0.1) is 0 Å². The highest BCUT2D eigenvalue weighted by molar-refractivity contribution is 4.87. The lowest BCUT2D eigenvalue weighted by molar-refractivity contribution is 0.0104. The average molecular weight is 253 g/mol. The van der Waals surface area contributed by atoms with Gasteiger partial charge in [-0.1, -0.05) is 19.8 Å². The molecular weight excluding hydrogens is 222 g/mol. The smallest absolute Gasteiger partial charge is 0.0502 e. The largest absolute Gasteiger partial charge is 0.301 e. The van der Waals surface area contributed by atoms with Crippen LogP contribution in [0.4, 0.5) is 0 Å². The quantitative estimate of drug-likeness (QED) is 0.741. The predicted molar refractivity (Wildman–Crippen MR) is 77.7 cm³/mol. The minimum absolute atomic E-state index is 0.810. The Morgan fingerprint density at radius 3 is 2.17 bits per heavy atom. The first-order valence-corrected chi connectivity index (χ1v) is 7.62. The fourth-order valence-electron chi connectivity index (χ4n) is 3.40. The summed E-state index contributed by atoms with van der Waals surface area (Å²) in [4.78, 5) is 7.41. The zero-order valence-corrected chi connectivity index (χ0v) is 12.7. The van der Waals surface area contributed by atoms with Crippen molar-refractivity contribution in [3.63, 3.8) is 0 Å². The van der Waals surface area contributed by atoms with E-state index < -0.39 is 0 Å². The lowest BCUT2D eigenvalue weighted by atomic mass is 9.82. The molecule has 0 unspecified atom stereocenters. The molecule has 2 aliphatic rings. The highest BCUT2D eigenvalue weighted by Crippen LogP contribution is 2.29. The average Bonchev–Trinajstić information content (AvgIpc) is 2.25. The summed E-state index contributed by atoms with van der Waals surface area (Å²) in [5.41, 5.74) is 0. The van der Waals surface area contributed by atoms with Gasteiger partial charge < -0.3 is 4.90 Å². The Morgan fingerprint density at radius 1 is 1.00 bits per heavy atom. The van der Waals surface area contributed by atoms with Gasteiger partial charge in [-0.05, 0) is 45.8 Å². The van der Waals surface area contributed by atoms with Crippen LogP contribution in [0.5, 0.6) is 0 Å². The Morgan fingerprint density at radius 2 is 1.61 bits per heavy atom. The van der Waals surface area contributed by atoms with Crippen molar-refractivity contribution >= 4 is 0 Å². The molecule has 3 heteroatoms. The molecule has 1 aliphatic carbocycles. The van der Waals surface area contributed by atoms with Gasteiger partial charge in [-0.2, -0.15) is 0 Å². The molecule has 0 atom stereocenters. The zero-order chi connectivity index (χ0) is 13.1. The number of hydrogen-bond donors (Lipinski definition) is 0. The van der Waals surface area contributed by atoms with Gasteiger partial charge in [0.1, 0.15) is 0 Å². The second-order valence-electron chi connectivity index (χ2n) is 6.98. The van der Waals surface area contributed by atoms with E-state index in [4.69, 9.17) is 0 Å². The molecule has 0 aromatic rings. The first-order chi connectivity index (χ1) is 8.54. The summed E-state index contributed by atoms with van der Waals surface area (Å²) in [5.74, 6) is 1.94. The molecule has 2 fully saturated rings. The molecule has 3 nitrogen and oxygen atoms in total. The van der Waals surface area contributed by atoms with Crippen LogP contribution in [0.25, 0.3) is 0 Å². The molecule has 0 amide bonds. The fourth-order valence-corrected chi connectivity index (χ4v) is 3.40. The maximum atomic E-state index is 2.62. The van der Waals surface area contributed by atoms with Crippen molar-refractivity contribution in [1.29, 1.82) is 0 Å². The minimum atomic E-state index is 0.810. The van der Waals surface area contributed by atoms with Crippen molar-refractivity contribution in [1.82, 2.24) is 14.7 Å². The van der Waals surface area contributed by atoms with E-state index >= 15 is 0 Å². The van der Waals surface area contributed by atoms with Crippen LogP contribution in [-0.2, 0) is 0 Å². The van der Waals surface area contributed by atoms with E-state index in [2.05, 4.69) is 42.8 Å². The molecule has 106 valence electrons. The van der Waals surface area contributed by atoms with Crippen LogP contribution < -0.4 is 0 Å². The normalized spacial score (nSPS) is 31.0. The molecule has 18 heavy (non-hydrogen) atoms. The first kappa shape index (κ1) is 14.3. The Balaban J connectivity index is 1.63. The van der Waals surface area contributed by atoms with Gasteiger partial charge in [0.25, 0.3) is 0 Å². The molecule has 1 aliphatic heterocycles. The number of rotatable bonds is 5. The summed E-state index contributed by atoms with van der Waals surface area (Å²) in [5, 5.41) is 0. The van der Waals surface area contributed by atoms with E-state index in [0.29, 0.717) is 0 Å². The van der Waals surface area contributed by atoms with Crippen molar-refractivity contribution in [3.8, 4) is 0 Å². The summed E-state index contributed by atoms with van der Waals surface area (Å²) < 4.78 is 0. The van der Waals surface area contributed by atoms with Crippen LogP contribution in [0.1, 0.15) is 32.6 Å². The molecule has 0 N–H and O–H groups in total. The summed E-state index contributed by atoms with van der Waals surface area (Å²) in [6.07, 6.45) is 5.82. The monoisotopic (exact) mass is 253 g/mol. The predicted octanol–water partition coefficient (Wildman–Crippen LogP) is 1.95. The minimum Gasteiger partial charge on any atom is -0.301 e. The molecule has 2 rings (SSSR count). The molecule has 0 aromatic heterocycles. The van der Waals surface area contributed by atoms with Crippen molar-refractivity contribution in [2.75, 3.05) is 47.4 Å². The third-order valence-electron chi connectivity index (χ3n) is 4.73. The van der Waals surface area contributed by atoms with E-state index in [0.717, 1.165) is 24.5 Å². The van der Waals surface area contributed by atoms with Gasteiger partial charge in [-0.25, -0.2) is 0 Å². The zero-order valence-electron chi connectivity index (χ0n) is 12.7. The van der Waals surface area contributed by atoms with E-state index in [1.807, 2.05) is 0 Å². The van der Waals surface area contributed by atoms with Crippen LogP contribution in [-0.4, -0.2) is 68.2 Å². The number of likely N-dealkylation sites (N-methyl/N-ethyl adjacent to an activating group) is 1. The van der Waals surface area contributed by atoms with Crippen LogP contribution in [0.2, 0.25) is 0 Å². The van der Waals surface area contributed by atoms with Crippen molar-refractivity contribution in [2.24, 2.45) is 11.8 Å². The molecule has 1 saturated carbocycles. The van der Waals surface area contributed by atoms with Gasteiger partial charge in [0.05, 0.1) is 6.67 Å². The lowest BCUT2D eigenvalue weighted by Gasteiger charge is -2.46. The molecule has 0 spiro atoms. The Kier molecular flexibility index (Phi) is 5.05. The van der Waals surface area contributed by atoms with Crippen LogP contribution >= 0.6 is 0 Å². The Hall–Kier alpha value is -0.120. The van der Waals surface area contributed by atoms with Crippen molar-refractivity contribution in [2.45, 2.75) is 38.6 Å². The summed E-state index contributed by atoms with van der Waals surface area (Å²) >= 11 is 0. The summed E-state index contributed by atoms with van der Waals surface area (Å²) in [6.45, 7) is 7.37. The standard InChI is InChI=1S/C15H31N3/c1-13-5-7-14(8-6-13)9-17(4)15-10-18(11-15)12-16(2)3/h13-15H,5-12H2,1-4H3. The lowest BCUT2D eigenvalue weighted by Crippen LogP contribution is -2.60. The second-order valence-corrected chi connectivity index (χ2v) is 6.98. The van der Waals surface area contributed by atoms with Crippen LogP contribution in [0.15, 0.2) is 0 Å². The molecule has 1 heterocycles. The molecule has 0 bridgehead atoms. The summed E-state index contributed by atoms with van der Waals surface area (Å²) in [7, 11) is 6.64. The second kappa shape index (κ2) is 6.36. The van der Waals surface area contributed by atoms with Gasteiger partial charge >= 0.3 is 0 Å². The molecule has 1 saturated heterocycles. The molecular formula is C15H31N3. The van der Waals surface area contributed by atoms with Crippen LogP contribution in [0, 0.1) is 11.8 Å². The van der Waals surface area contributed by atoms with E-state index in [-0.39, 0.29) is 0 Å². The maximum Gasteiger partial charge on any atom is 0.0502 e. The SMILES string of the molecule is CC1CCC(CN(C)C2CN(CN(C)C)C2)CC1. The third-order valence-corrected chi connectivity index (χ3v) is 4.73. The third kappa shape index (κ3) is 3.94. The maximum absolute atomic E-state index is 2.62. The number of nitrogens with zero attached hydrogens (tertiary/aromatic N) is 3.